The maximum Gasteiger partial charge on any atom is 0.337 e. The summed E-state index contributed by atoms with van der Waals surface area (Å²) in [7, 11) is 1.53. The predicted octanol–water partition coefficient (Wildman–Crippen LogP) is 20.4. The quantitative estimate of drug-likeness (QED) is 0.0481. The summed E-state index contributed by atoms with van der Waals surface area (Å²) in [4.78, 5) is 76.1. The minimum absolute atomic E-state index is 0.00645. The molecule has 27 nitrogen and oxygen atoms in total. The number of phenols is 8. The number of halogens is 3. The summed E-state index contributed by atoms with van der Waals surface area (Å²) in [6, 6.07) is 70.5. The molecule has 123 heavy (non-hydrogen) atoms. The van der Waals surface area contributed by atoms with E-state index in [-0.39, 0.29) is 102 Å². The van der Waals surface area contributed by atoms with Gasteiger partial charge in [-0.3, -0.25) is 0 Å². The Balaban J connectivity index is 0.000000142. The minimum Gasteiger partial charge on any atom is -0.507 e. The number of methoxy groups -OCH3 is 1. The van der Waals surface area contributed by atoms with Crippen LogP contribution in [0.2, 0.25) is 10.0 Å². The van der Waals surface area contributed by atoms with Crippen LogP contribution >= 0.6 is 39.1 Å². The number of carboxylic acids is 7. The Morgan fingerprint density at radius 3 is 1.22 bits per heavy atom. The SMILES string of the molecule is COc1ccc2c(O)cc(C(=O)O)cc2c1.O=C(O)c1cc(O)c2c(Cl)cccc2c1.O=C(O)c1cc(O)c2c(O)cccc2c1.O=C(O)c1cc(O)c2cc(OCc3ccccc3)c(OCc3ccccc3)cc2c1.O=C(O)c1cc(O)c2cc3c(cc2c1)OCO3.O=C(O)c1cc(O)c2ccc(Cl)cc2c1.O=C(O)c1cc2ccccc2c(O)c1Br. The maximum atomic E-state index is 11.4. The molecular formula is C93H67BrCl2O27. The fourth-order valence-electron chi connectivity index (χ4n) is 12.5. The third-order valence-electron chi connectivity index (χ3n) is 18.4. The van der Waals surface area contributed by atoms with Crippen LogP contribution in [0.4, 0.5) is 0 Å². The average Bonchev–Trinajstić information content (AvgIpc) is 1.78. The van der Waals surface area contributed by atoms with Gasteiger partial charge in [-0.25, -0.2) is 33.6 Å². The summed E-state index contributed by atoms with van der Waals surface area (Å²) in [6.07, 6.45) is 0. The topological polar surface area (TPSA) is 469 Å². The van der Waals surface area contributed by atoms with Crippen molar-refractivity contribution in [1.82, 2.24) is 0 Å². The molecule has 0 fully saturated rings. The third kappa shape index (κ3) is 21.5. The molecule has 0 spiro atoms. The Bertz CT molecular complexity index is 6680. The Labute approximate surface area is 713 Å². The summed E-state index contributed by atoms with van der Waals surface area (Å²) >= 11 is 14.7. The third-order valence-corrected chi connectivity index (χ3v) is 19.8. The van der Waals surface area contributed by atoms with Crippen LogP contribution < -0.4 is 23.7 Å². The van der Waals surface area contributed by atoms with Crippen LogP contribution in [0.5, 0.6) is 74.7 Å². The lowest BCUT2D eigenvalue weighted by atomic mass is 10.0. The van der Waals surface area contributed by atoms with Crippen molar-refractivity contribution in [3.63, 3.8) is 0 Å². The second kappa shape index (κ2) is 39.1. The van der Waals surface area contributed by atoms with Crippen molar-refractivity contribution in [3.8, 4) is 74.7 Å². The van der Waals surface area contributed by atoms with Crippen LogP contribution in [0.3, 0.4) is 0 Å². The first-order valence-corrected chi connectivity index (χ1v) is 37.6. The van der Waals surface area contributed by atoms with Crippen molar-refractivity contribution in [3.05, 3.63) is 325 Å². The van der Waals surface area contributed by atoms with Crippen LogP contribution in [-0.2, 0) is 13.2 Å². The maximum absolute atomic E-state index is 11.4. The fraction of sp³-hybridized carbons (Fsp3) is 0.0430. The molecule has 622 valence electrons. The molecule has 0 saturated carbocycles. The lowest BCUT2D eigenvalue weighted by Gasteiger charge is -2.15. The number of phenolic OH excluding ortho intramolecular Hbond substituents is 8. The number of aromatic hydroxyl groups is 8. The van der Waals surface area contributed by atoms with Crippen molar-refractivity contribution in [2.24, 2.45) is 0 Å². The number of ether oxygens (including phenoxy) is 5. The second-order valence-corrected chi connectivity index (χ2v) is 28.2. The zero-order valence-electron chi connectivity index (χ0n) is 63.7. The molecule has 16 aromatic carbocycles. The molecule has 0 unspecified atom stereocenters. The largest absolute Gasteiger partial charge is 0.507 e. The van der Waals surface area contributed by atoms with E-state index in [9.17, 15) is 79.5 Å². The highest BCUT2D eigenvalue weighted by atomic mass is 79.9. The van der Waals surface area contributed by atoms with E-state index in [1.807, 2.05) is 60.7 Å². The summed E-state index contributed by atoms with van der Waals surface area (Å²) in [5.41, 5.74) is 2.23. The van der Waals surface area contributed by atoms with E-state index < -0.39 is 41.8 Å². The summed E-state index contributed by atoms with van der Waals surface area (Å²) < 4.78 is 27.6. The average molecular weight is 1770 g/mol. The molecule has 0 aromatic heterocycles. The first-order chi connectivity index (χ1) is 58.7. The highest BCUT2D eigenvalue weighted by Crippen LogP contribution is 2.43. The van der Waals surface area contributed by atoms with E-state index in [4.69, 9.17) is 77.5 Å². The van der Waals surface area contributed by atoms with E-state index >= 15 is 0 Å². The molecule has 1 heterocycles. The highest BCUT2D eigenvalue weighted by Gasteiger charge is 2.21. The molecule has 0 amide bonds. The number of fused-ring (bicyclic) bond motifs is 8. The molecular weight excluding hydrogens is 1700 g/mol. The molecule has 0 radical (unpaired) electrons. The fourth-order valence-corrected chi connectivity index (χ4v) is 13.5. The van der Waals surface area contributed by atoms with Crippen molar-refractivity contribution < 1.29 is 134 Å². The normalized spacial score (nSPS) is 10.8. The van der Waals surface area contributed by atoms with Gasteiger partial charge in [-0.1, -0.05) is 132 Å². The number of rotatable bonds is 14. The first-order valence-electron chi connectivity index (χ1n) is 36.1. The van der Waals surface area contributed by atoms with Gasteiger partial charge in [0, 0.05) is 37.3 Å². The van der Waals surface area contributed by atoms with Gasteiger partial charge in [0.05, 0.1) is 60.9 Å². The van der Waals surface area contributed by atoms with Crippen LogP contribution in [0.15, 0.2) is 265 Å². The van der Waals surface area contributed by atoms with Crippen LogP contribution in [0, 0.1) is 0 Å². The van der Waals surface area contributed by atoms with Gasteiger partial charge in [0.15, 0.2) is 23.0 Å². The highest BCUT2D eigenvalue weighted by molar-refractivity contribution is 9.10. The molecule has 0 atom stereocenters. The lowest BCUT2D eigenvalue weighted by Crippen LogP contribution is -2.01. The van der Waals surface area contributed by atoms with Gasteiger partial charge in [0.2, 0.25) is 6.79 Å². The van der Waals surface area contributed by atoms with Gasteiger partial charge in [0.1, 0.15) is 65.0 Å². The van der Waals surface area contributed by atoms with Crippen molar-refractivity contribution in [2.45, 2.75) is 13.2 Å². The summed E-state index contributed by atoms with van der Waals surface area (Å²) in [6.45, 7) is 0.804. The predicted molar refractivity (Wildman–Crippen MR) is 462 cm³/mol. The zero-order valence-corrected chi connectivity index (χ0v) is 66.8. The molecule has 16 aromatic rings. The van der Waals surface area contributed by atoms with E-state index in [0.717, 1.165) is 17.2 Å². The van der Waals surface area contributed by atoms with E-state index in [2.05, 4.69) is 15.9 Å². The molecule has 1 aliphatic heterocycles. The van der Waals surface area contributed by atoms with Gasteiger partial charge in [-0.2, -0.15) is 0 Å². The number of benzene rings is 16. The van der Waals surface area contributed by atoms with E-state index in [0.29, 0.717) is 122 Å². The molecule has 30 heteroatoms. The first kappa shape index (κ1) is 87.9. The van der Waals surface area contributed by atoms with Gasteiger partial charge in [-0.05, 0) is 216 Å². The summed E-state index contributed by atoms with van der Waals surface area (Å²) in [5, 5.41) is 149. The summed E-state index contributed by atoms with van der Waals surface area (Å²) in [5.74, 6) is -5.68. The number of aromatic carboxylic acids is 7. The van der Waals surface area contributed by atoms with Gasteiger partial charge in [0.25, 0.3) is 0 Å². The van der Waals surface area contributed by atoms with Crippen molar-refractivity contribution in [1.29, 1.82) is 0 Å². The Kier molecular flexibility index (Phi) is 28.0. The number of carbonyl (C=O) groups is 7. The Hall–Kier alpha value is -15.9. The molecule has 0 aliphatic carbocycles. The van der Waals surface area contributed by atoms with Crippen LogP contribution in [-0.4, -0.2) is 132 Å². The molecule has 1 aliphatic rings. The van der Waals surface area contributed by atoms with Gasteiger partial charge >= 0.3 is 41.8 Å². The Morgan fingerprint density at radius 1 is 0.333 bits per heavy atom. The minimum atomic E-state index is -1.12. The van der Waals surface area contributed by atoms with Gasteiger partial charge < -0.3 is 100 Å². The van der Waals surface area contributed by atoms with Gasteiger partial charge in [-0.15, -0.1) is 0 Å². The van der Waals surface area contributed by atoms with Crippen LogP contribution in [0.25, 0.3) is 75.4 Å². The van der Waals surface area contributed by atoms with Crippen molar-refractivity contribution >= 4 is 156 Å². The molecule has 17 rings (SSSR count). The Morgan fingerprint density at radius 2 is 0.724 bits per heavy atom. The van der Waals surface area contributed by atoms with Crippen molar-refractivity contribution in [2.75, 3.05) is 13.9 Å². The smallest absolute Gasteiger partial charge is 0.337 e. The number of hydrogen-bond acceptors (Lipinski definition) is 20. The number of hydrogen-bond donors (Lipinski definition) is 15. The van der Waals surface area contributed by atoms with E-state index in [1.165, 1.54) is 86.0 Å². The van der Waals surface area contributed by atoms with E-state index in [1.54, 1.807) is 115 Å². The molecule has 15 N–H and O–H groups in total. The molecule has 0 bridgehead atoms. The monoisotopic (exact) mass is 1760 g/mol. The number of carboxylic acid groups (broad SMARTS) is 7. The zero-order chi connectivity index (χ0) is 88.6. The lowest BCUT2D eigenvalue weighted by molar-refractivity contribution is 0.0685. The van der Waals surface area contributed by atoms with Crippen LogP contribution in [0.1, 0.15) is 83.6 Å². The molecule has 0 saturated heterocycles. The second-order valence-electron chi connectivity index (χ2n) is 26.6. The standard InChI is InChI=1S/C25H20O5.C12H8O5.C12H10O4.C11H7BrO3.2C11H7ClO3.C11H8O4/c26-22-12-20(25(27)28)11-19-13-23(29-15-17-7-3-1-4-8-17)24(14-21(19)22)30-16-18-9-5-2-6-10-18;13-9-2-7(12(14)15)1-6-3-10-11(4-8(6)9)17-5-16-10;1-16-9-2-3-10-7(5-9)4-8(12(14)15)6-11(10)13;12-9-8(11(14)15)5-6-3-1-2-4-7(6)10(9)13;12-8-1-2-9-6(4-8)3-7(11(14)15)5-10(9)13;2*12-8-3-1-2-6-4-7(11(14)15)5-9(13)10(6)8/h1-14,26H,15-16H2,(H,27,28);1-4,13H,5H2,(H,14,15);2-6,13H,1H3,(H,14,15);3*1-5,13H,(H,14,15);1-5,12-13H,(H,14,15).